The molecule has 1 aromatic heterocycles. The van der Waals surface area contributed by atoms with E-state index in [0.29, 0.717) is 12.4 Å². The minimum absolute atomic E-state index is 0.0770. The Bertz CT molecular complexity index is 1290. The molecule has 1 amide bonds. The highest BCUT2D eigenvalue weighted by molar-refractivity contribution is 5.96. The lowest BCUT2D eigenvalue weighted by Gasteiger charge is -2.45. The smallest absolute Gasteiger partial charge is 0.278 e. The van der Waals surface area contributed by atoms with Gasteiger partial charge in [0.2, 0.25) is 5.43 Å². The molecule has 3 aromatic rings. The van der Waals surface area contributed by atoms with Crippen molar-refractivity contribution in [3.8, 4) is 11.5 Å². The zero-order valence-electron chi connectivity index (χ0n) is 18.7. The van der Waals surface area contributed by atoms with Crippen LogP contribution in [-0.2, 0) is 4.74 Å². The Hall–Kier alpha value is -4.04. The summed E-state index contributed by atoms with van der Waals surface area (Å²) in [6.45, 7) is 0.758. The van der Waals surface area contributed by atoms with Gasteiger partial charge >= 0.3 is 0 Å². The van der Waals surface area contributed by atoms with E-state index >= 15 is 0 Å². The van der Waals surface area contributed by atoms with Crippen LogP contribution in [0.15, 0.2) is 83.8 Å². The van der Waals surface area contributed by atoms with Gasteiger partial charge in [-0.05, 0) is 17.7 Å². The second-order valence-corrected chi connectivity index (χ2v) is 8.19. The Morgan fingerprint density at radius 2 is 1.82 bits per heavy atom. The lowest BCUT2D eigenvalue weighted by atomic mass is 9.97. The number of fused-ring (bicyclic) bond motifs is 5. The number of hydrogen-bond acceptors (Lipinski definition) is 6. The number of benzene rings is 2. The van der Waals surface area contributed by atoms with Gasteiger partial charge in [-0.2, -0.15) is 0 Å². The number of aromatic hydroxyl groups is 1. The van der Waals surface area contributed by atoms with E-state index in [1.54, 1.807) is 16.7 Å². The maximum absolute atomic E-state index is 13.6. The van der Waals surface area contributed by atoms with Gasteiger partial charge in [0.1, 0.15) is 25.1 Å². The van der Waals surface area contributed by atoms with E-state index in [4.69, 9.17) is 9.47 Å². The molecule has 174 valence electrons. The van der Waals surface area contributed by atoms with E-state index < -0.39 is 23.1 Å². The van der Waals surface area contributed by atoms with Crippen molar-refractivity contribution in [2.24, 2.45) is 0 Å². The van der Waals surface area contributed by atoms with Gasteiger partial charge in [0, 0.05) is 24.9 Å². The zero-order valence-corrected chi connectivity index (χ0v) is 18.7. The van der Waals surface area contributed by atoms with Gasteiger partial charge in [0.25, 0.3) is 5.91 Å². The number of nitrogens with zero attached hydrogens (tertiary/aromatic N) is 3. The lowest BCUT2D eigenvalue weighted by Crippen LogP contribution is -2.58. The Morgan fingerprint density at radius 1 is 1.06 bits per heavy atom. The SMILES string of the molecule is COCC1/C=C/COc2ccccc2C(c2ccccc2)N2CN1C(=O)c1c(O)c(=O)ccn12. The molecule has 2 atom stereocenters. The first kappa shape index (κ1) is 21.8. The van der Waals surface area contributed by atoms with E-state index in [-0.39, 0.29) is 25.0 Å². The second kappa shape index (κ2) is 9.07. The number of rotatable bonds is 3. The van der Waals surface area contributed by atoms with Crippen molar-refractivity contribution in [1.29, 1.82) is 0 Å². The molecule has 0 saturated heterocycles. The van der Waals surface area contributed by atoms with Gasteiger partial charge in [0.15, 0.2) is 11.4 Å². The molecule has 0 saturated carbocycles. The predicted octanol–water partition coefficient (Wildman–Crippen LogP) is 2.66. The summed E-state index contributed by atoms with van der Waals surface area (Å²) >= 11 is 0. The summed E-state index contributed by atoms with van der Waals surface area (Å²) in [5.41, 5.74) is 1.18. The average Bonchev–Trinajstić information content (AvgIpc) is 2.88. The average molecular weight is 460 g/mol. The summed E-state index contributed by atoms with van der Waals surface area (Å²) in [7, 11) is 1.57. The summed E-state index contributed by atoms with van der Waals surface area (Å²) in [5, 5.41) is 12.7. The van der Waals surface area contributed by atoms with Crippen LogP contribution >= 0.6 is 0 Å². The number of carbonyl (C=O) groups excluding carboxylic acids is 1. The number of pyridine rings is 1. The summed E-state index contributed by atoms with van der Waals surface area (Å²) in [6, 6.07) is 18.1. The van der Waals surface area contributed by atoms with Crippen LogP contribution in [0.25, 0.3) is 0 Å². The van der Waals surface area contributed by atoms with Crippen molar-refractivity contribution in [2.45, 2.75) is 12.1 Å². The third kappa shape index (κ3) is 3.72. The highest BCUT2D eigenvalue weighted by Gasteiger charge is 2.39. The number of para-hydroxylation sites is 1. The first-order valence-corrected chi connectivity index (χ1v) is 11.0. The van der Waals surface area contributed by atoms with E-state index in [9.17, 15) is 14.7 Å². The van der Waals surface area contributed by atoms with Crippen LogP contribution in [0.2, 0.25) is 0 Å². The topological polar surface area (TPSA) is 84.2 Å². The predicted molar refractivity (Wildman–Crippen MR) is 127 cm³/mol. The summed E-state index contributed by atoms with van der Waals surface area (Å²) in [5.74, 6) is -0.312. The molecule has 2 aromatic carbocycles. The van der Waals surface area contributed by atoms with Gasteiger partial charge in [-0.25, -0.2) is 0 Å². The maximum Gasteiger partial charge on any atom is 0.278 e. The van der Waals surface area contributed by atoms with Crippen LogP contribution in [-0.4, -0.2) is 53.6 Å². The Kier molecular flexibility index (Phi) is 5.81. The van der Waals surface area contributed by atoms with E-state index in [0.717, 1.165) is 11.1 Å². The summed E-state index contributed by atoms with van der Waals surface area (Å²) < 4.78 is 13.1. The molecule has 5 rings (SSSR count). The molecular weight excluding hydrogens is 434 g/mol. The van der Waals surface area contributed by atoms with E-state index in [2.05, 4.69) is 0 Å². The maximum atomic E-state index is 13.6. The molecule has 34 heavy (non-hydrogen) atoms. The van der Waals surface area contributed by atoms with Crippen LogP contribution in [0.4, 0.5) is 0 Å². The monoisotopic (exact) mass is 459 g/mol. The number of methoxy groups -OCH3 is 1. The third-order valence-electron chi connectivity index (χ3n) is 6.15. The molecular formula is C26H25N3O5. The van der Waals surface area contributed by atoms with Crippen molar-refractivity contribution in [3.63, 3.8) is 0 Å². The quantitative estimate of drug-likeness (QED) is 0.607. The van der Waals surface area contributed by atoms with Gasteiger partial charge in [-0.15, -0.1) is 0 Å². The second-order valence-electron chi connectivity index (χ2n) is 8.19. The molecule has 3 heterocycles. The van der Waals surface area contributed by atoms with Crippen LogP contribution in [0.3, 0.4) is 0 Å². The van der Waals surface area contributed by atoms with E-state index in [1.807, 2.05) is 71.8 Å². The minimum atomic E-state index is -0.607. The van der Waals surface area contributed by atoms with Crippen molar-refractivity contribution in [2.75, 3.05) is 32.0 Å². The third-order valence-corrected chi connectivity index (χ3v) is 6.15. The lowest BCUT2D eigenvalue weighted by molar-refractivity contribution is 0.0518. The van der Waals surface area contributed by atoms with Gasteiger partial charge < -0.3 is 19.5 Å². The molecule has 8 nitrogen and oxygen atoms in total. The highest BCUT2D eigenvalue weighted by Crippen LogP contribution is 2.37. The van der Waals surface area contributed by atoms with Crippen molar-refractivity contribution >= 4 is 5.91 Å². The summed E-state index contributed by atoms with van der Waals surface area (Å²) in [6.07, 6.45) is 5.25. The van der Waals surface area contributed by atoms with Crippen molar-refractivity contribution < 1.29 is 19.4 Å². The number of hydrogen-bond donors (Lipinski definition) is 1. The molecule has 0 spiro atoms. The molecule has 0 aliphatic carbocycles. The Morgan fingerprint density at radius 3 is 2.62 bits per heavy atom. The first-order valence-electron chi connectivity index (χ1n) is 11.0. The van der Waals surface area contributed by atoms with Crippen molar-refractivity contribution in [1.82, 2.24) is 9.58 Å². The van der Waals surface area contributed by atoms with Gasteiger partial charge in [-0.3, -0.25) is 19.3 Å². The molecule has 2 aliphatic rings. The standard InChI is InChI=1S/C26H25N3O5/c1-33-16-19-10-7-15-34-22-12-6-5-11-20(22)23(18-8-3-2-4-9-18)29-17-27(19)26(32)24-25(31)21(30)13-14-28(24)29/h2-14,19,23,31H,15-17H2,1H3/b10-7+. The number of amides is 1. The normalized spacial score (nSPS) is 20.6. The molecule has 8 heteroatoms. The van der Waals surface area contributed by atoms with Crippen LogP contribution in [0.5, 0.6) is 11.5 Å². The van der Waals surface area contributed by atoms with Crippen molar-refractivity contribution in [3.05, 3.63) is 106 Å². The van der Waals surface area contributed by atoms with Crippen LogP contribution < -0.4 is 15.2 Å². The molecule has 1 N–H and O–H groups in total. The molecule has 0 fully saturated rings. The first-order chi connectivity index (χ1) is 16.6. The molecule has 2 unspecified atom stereocenters. The Labute approximate surface area is 196 Å². The fourth-order valence-electron chi connectivity index (χ4n) is 4.57. The summed E-state index contributed by atoms with van der Waals surface area (Å²) in [4.78, 5) is 27.5. The highest BCUT2D eigenvalue weighted by atomic mass is 16.5. The minimum Gasteiger partial charge on any atom is -0.502 e. The van der Waals surface area contributed by atoms with Gasteiger partial charge in [-0.1, -0.05) is 54.6 Å². The van der Waals surface area contributed by atoms with E-state index in [1.165, 1.54) is 12.3 Å². The fraction of sp³-hybridized carbons (Fsp3) is 0.231. The van der Waals surface area contributed by atoms with Crippen LogP contribution in [0, 0.1) is 0 Å². The van der Waals surface area contributed by atoms with Crippen LogP contribution in [0.1, 0.15) is 27.7 Å². The number of carbonyl (C=O) groups is 1. The van der Waals surface area contributed by atoms with Gasteiger partial charge in [0.05, 0.1) is 12.6 Å². The number of ether oxygens (including phenoxy) is 2. The molecule has 0 radical (unpaired) electrons. The fourth-order valence-corrected chi connectivity index (χ4v) is 4.57. The Balaban J connectivity index is 1.80. The molecule has 2 aliphatic heterocycles. The zero-order chi connectivity index (χ0) is 23.7. The largest absolute Gasteiger partial charge is 0.502 e. The molecule has 2 bridgehead atoms. The number of aromatic nitrogens is 1.